The van der Waals surface area contributed by atoms with E-state index in [1.807, 2.05) is 20.8 Å². The van der Waals surface area contributed by atoms with Gasteiger partial charge in [0.05, 0.1) is 0 Å². The Morgan fingerprint density at radius 1 is 1.10 bits per heavy atom. The molecular formula is C16H30N2O2. The molecule has 116 valence electrons. The highest BCUT2D eigenvalue weighted by molar-refractivity contribution is 5.67. The van der Waals surface area contributed by atoms with Crippen LogP contribution in [0, 0.1) is 11.8 Å². The minimum Gasteiger partial charge on any atom is -0.444 e. The molecule has 0 aromatic heterocycles. The Labute approximate surface area is 123 Å². The van der Waals surface area contributed by atoms with Crippen molar-refractivity contribution in [1.29, 1.82) is 0 Å². The predicted octanol–water partition coefficient (Wildman–Crippen LogP) is 3.07. The number of carbonyl (C=O) groups excluding carboxylic acids is 1. The lowest BCUT2D eigenvalue weighted by atomic mass is 9.84. The molecule has 4 heteroatoms. The third-order valence-corrected chi connectivity index (χ3v) is 4.18. The fourth-order valence-electron chi connectivity index (χ4n) is 2.89. The maximum atomic E-state index is 11.7. The molecule has 0 aliphatic heterocycles. The summed E-state index contributed by atoms with van der Waals surface area (Å²) in [6.45, 7) is 7.58. The second-order valence-electron chi connectivity index (χ2n) is 7.39. The van der Waals surface area contributed by atoms with Gasteiger partial charge in [0.15, 0.2) is 0 Å². The number of carbonyl (C=O) groups is 1. The summed E-state index contributed by atoms with van der Waals surface area (Å²) < 4.78 is 5.30. The number of rotatable bonds is 5. The van der Waals surface area contributed by atoms with Gasteiger partial charge in [0.1, 0.15) is 5.60 Å². The van der Waals surface area contributed by atoms with Crippen LogP contribution in [0.3, 0.4) is 0 Å². The van der Waals surface area contributed by atoms with Crippen molar-refractivity contribution in [2.45, 2.75) is 70.9 Å². The molecule has 0 bridgehead atoms. The van der Waals surface area contributed by atoms with E-state index < -0.39 is 5.60 Å². The molecule has 2 saturated carbocycles. The fraction of sp³-hybridized carbons (Fsp3) is 0.938. The topological polar surface area (TPSA) is 50.4 Å². The lowest BCUT2D eigenvalue weighted by Crippen LogP contribution is -2.45. The first-order valence-corrected chi connectivity index (χ1v) is 8.14. The van der Waals surface area contributed by atoms with Crippen LogP contribution in [-0.2, 0) is 4.74 Å². The monoisotopic (exact) mass is 282 g/mol. The number of alkyl carbamates (subject to hydrolysis) is 1. The molecule has 2 N–H and O–H groups in total. The van der Waals surface area contributed by atoms with E-state index in [1.54, 1.807) is 0 Å². The van der Waals surface area contributed by atoms with Crippen LogP contribution in [-0.4, -0.2) is 30.8 Å². The molecule has 2 unspecified atom stereocenters. The zero-order valence-electron chi connectivity index (χ0n) is 13.2. The second kappa shape index (κ2) is 6.79. The summed E-state index contributed by atoms with van der Waals surface area (Å²) in [7, 11) is 0. The van der Waals surface area contributed by atoms with Gasteiger partial charge in [-0.2, -0.15) is 0 Å². The Morgan fingerprint density at radius 2 is 1.80 bits per heavy atom. The Morgan fingerprint density at radius 3 is 2.45 bits per heavy atom. The average molecular weight is 282 g/mol. The van der Waals surface area contributed by atoms with Crippen molar-refractivity contribution in [1.82, 2.24) is 10.6 Å². The summed E-state index contributed by atoms with van der Waals surface area (Å²) in [5, 5.41) is 6.65. The number of ether oxygens (including phenoxy) is 1. The third kappa shape index (κ3) is 5.70. The van der Waals surface area contributed by atoms with Gasteiger partial charge in [0.25, 0.3) is 0 Å². The Hall–Kier alpha value is -0.770. The van der Waals surface area contributed by atoms with Crippen LogP contribution in [0.2, 0.25) is 0 Å². The summed E-state index contributed by atoms with van der Waals surface area (Å²) in [4.78, 5) is 11.7. The van der Waals surface area contributed by atoms with Crippen LogP contribution in [0.25, 0.3) is 0 Å². The second-order valence-corrected chi connectivity index (χ2v) is 7.39. The molecule has 4 nitrogen and oxygen atoms in total. The highest BCUT2D eigenvalue weighted by Crippen LogP contribution is 2.29. The van der Waals surface area contributed by atoms with E-state index in [9.17, 15) is 4.79 Å². The average Bonchev–Trinajstić information content (AvgIpc) is 3.17. The molecule has 2 fully saturated rings. The van der Waals surface area contributed by atoms with Gasteiger partial charge < -0.3 is 15.4 Å². The van der Waals surface area contributed by atoms with E-state index in [0.717, 1.165) is 19.0 Å². The lowest BCUT2D eigenvalue weighted by Gasteiger charge is -2.33. The van der Waals surface area contributed by atoms with Crippen molar-refractivity contribution in [3.05, 3.63) is 0 Å². The molecular weight excluding hydrogens is 252 g/mol. The molecule has 20 heavy (non-hydrogen) atoms. The van der Waals surface area contributed by atoms with Crippen molar-refractivity contribution in [3.8, 4) is 0 Å². The van der Waals surface area contributed by atoms with E-state index in [-0.39, 0.29) is 6.09 Å². The molecule has 2 aliphatic carbocycles. The summed E-state index contributed by atoms with van der Waals surface area (Å²) in [6, 6.07) is 0.569. The van der Waals surface area contributed by atoms with Crippen LogP contribution in [0.5, 0.6) is 0 Å². The van der Waals surface area contributed by atoms with E-state index in [0.29, 0.717) is 12.0 Å². The van der Waals surface area contributed by atoms with Gasteiger partial charge >= 0.3 is 6.09 Å². The van der Waals surface area contributed by atoms with Crippen LogP contribution < -0.4 is 10.6 Å². The fourth-order valence-corrected chi connectivity index (χ4v) is 2.89. The number of hydrogen-bond donors (Lipinski definition) is 2. The third-order valence-electron chi connectivity index (χ3n) is 4.18. The van der Waals surface area contributed by atoms with Crippen molar-refractivity contribution in [3.63, 3.8) is 0 Å². The largest absolute Gasteiger partial charge is 0.444 e. The van der Waals surface area contributed by atoms with Crippen LogP contribution in [0.4, 0.5) is 4.79 Å². The Balaban J connectivity index is 1.71. The van der Waals surface area contributed by atoms with Crippen LogP contribution in [0.15, 0.2) is 0 Å². The number of nitrogens with one attached hydrogen (secondary N) is 2. The Kier molecular flexibility index (Phi) is 5.30. The van der Waals surface area contributed by atoms with Crippen LogP contribution in [0.1, 0.15) is 59.3 Å². The summed E-state index contributed by atoms with van der Waals surface area (Å²) in [5.74, 6) is 1.46. The van der Waals surface area contributed by atoms with Gasteiger partial charge in [-0.15, -0.1) is 0 Å². The molecule has 2 atom stereocenters. The SMILES string of the molecule is CC(C)(C)OC(=O)NCC1CCCCC1NCC1CC1. The molecule has 2 rings (SSSR count). The summed E-state index contributed by atoms with van der Waals surface area (Å²) >= 11 is 0. The lowest BCUT2D eigenvalue weighted by molar-refractivity contribution is 0.0510. The van der Waals surface area contributed by atoms with Gasteiger partial charge in [-0.3, -0.25) is 0 Å². The summed E-state index contributed by atoms with van der Waals surface area (Å²) in [6.07, 6.45) is 7.53. The molecule has 0 saturated heterocycles. The Bertz CT molecular complexity index is 321. The molecule has 2 aliphatic rings. The highest BCUT2D eigenvalue weighted by Gasteiger charge is 2.28. The van der Waals surface area contributed by atoms with E-state index in [1.165, 1.54) is 38.5 Å². The molecule has 0 radical (unpaired) electrons. The van der Waals surface area contributed by atoms with Crippen molar-refractivity contribution >= 4 is 6.09 Å². The standard InChI is InChI=1S/C16H30N2O2/c1-16(2,3)20-15(19)18-11-13-6-4-5-7-14(13)17-10-12-8-9-12/h12-14,17H,4-11H2,1-3H3,(H,18,19). The highest BCUT2D eigenvalue weighted by atomic mass is 16.6. The van der Waals surface area contributed by atoms with Gasteiger partial charge in [0.2, 0.25) is 0 Å². The molecule has 0 aromatic rings. The molecule has 0 aromatic carbocycles. The first-order valence-electron chi connectivity index (χ1n) is 8.14. The van der Waals surface area contributed by atoms with Crippen molar-refractivity contribution < 1.29 is 9.53 Å². The number of amides is 1. The molecule has 0 heterocycles. The minimum atomic E-state index is -0.416. The quantitative estimate of drug-likeness (QED) is 0.815. The predicted molar refractivity (Wildman–Crippen MR) is 80.7 cm³/mol. The zero-order chi connectivity index (χ0) is 14.6. The maximum absolute atomic E-state index is 11.7. The normalized spacial score (nSPS) is 27.1. The minimum absolute atomic E-state index is 0.288. The van der Waals surface area contributed by atoms with Crippen LogP contribution >= 0.6 is 0 Å². The van der Waals surface area contributed by atoms with Gasteiger partial charge in [-0.05, 0) is 64.8 Å². The number of hydrogen-bond acceptors (Lipinski definition) is 3. The maximum Gasteiger partial charge on any atom is 0.407 e. The molecule has 0 spiro atoms. The van der Waals surface area contributed by atoms with E-state index in [2.05, 4.69) is 10.6 Å². The first-order chi connectivity index (χ1) is 9.44. The summed E-state index contributed by atoms with van der Waals surface area (Å²) in [5.41, 5.74) is -0.416. The zero-order valence-corrected chi connectivity index (χ0v) is 13.2. The van der Waals surface area contributed by atoms with E-state index in [4.69, 9.17) is 4.74 Å². The van der Waals surface area contributed by atoms with Gasteiger partial charge in [0, 0.05) is 12.6 Å². The van der Waals surface area contributed by atoms with Gasteiger partial charge in [-0.1, -0.05) is 12.8 Å². The van der Waals surface area contributed by atoms with Crippen molar-refractivity contribution in [2.24, 2.45) is 11.8 Å². The van der Waals surface area contributed by atoms with E-state index >= 15 is 0 Å². The first kappa shape index (κ1) is 15.6. The van der Waals surface area contributed by atoms with Gasteiger partial charge in [-0.25, -0.2) is 4.79 Å². The smallest absolute Gasteiger partial charge is 0.407 e. The molecule has 1 amide bonds. The van der Waals surface area contributed by atoms with Crippen molar-refractivity contribution in [2.75, 3.05) is 13.1 Å².